The molecule has 0 aliphatic heterocycles. The molecule has 0 aliphatic carbocycles. The molecule has 0 unspecified atom stereocenters. The standard InChI is InChI=1S/C12H20N4O/c1-4-5-12(2,3)16-11-9(10(14)17)6-8(13)7-15-11/h6-7H,4-5,13H2,1-3H3,(H2,14,17)(H,15,16). The molecular formula is C12H20N4O. The normalized spacial score (nSPS) is 11.2. The van der Waals surface area contributed by atoms with Crippen molar-refractivity contribution in [1.29, 1.82) is 0 Å². The number of rotatable bonds is 5. The first-order valence-corrected chi connectivity index (χ1v) is 5.69. The van der Waals surface area contributed by atoms with Gasteiger partial charge in [0.15, 0.2) is 0 Å². The van der Waals surface area contributed by atoms with E-state index in [0.29, 0.717) is 17.1 Å². The number of anilines is 2. The lowest BCUT2D eigenvalue weighted by Crippen LogP contribution is -2.32. The number of nitrogens with two attached hydrogens (primary N) is 2. The molecular weight excluding hydrogens is 216 g/mol. The molecule has 1 amide bonds. The lowest BCUT2D eigenvalue weighted by molar-refractivity contribution is 0.100. The lowest BCUT2D eigenvalue weighted by atomic mass is 9.98. The maximum atomic E-state index is 11.3. The third kappa shape index (κ3) is 3.62. The Bertz CT molecular complexity index is 415. The number of hydrogen-bond acceptors (Lipinski definition) is 4. The SMILES string of the molecule is CCCC(C)(C)Nc1ncc(N)cc1C(N)=O. The first-order chi connectivity index (χ1) is 7.85. The van der Waals surface area contributed by atoms with E-state index in [0.717, 1.165) is 12.8 Å². The largest absolute Gasteiger partial charge is 0.397 e. The van der Waals surface area contributed by atoms with Crippen molar-refractivity contribution in [2.24, 2.45) is 5.73 Å². The summed E-state index contributed by atoms with van der Waals surface area (Å²) in [6.45, 7) is 6.22. The number of nitrogens with zero attached hydrogens (tertiary/aromatic N) is 1. The zero-order chi connectivity index (χ0) is 13.1. The van der Waals surface area contributed by atoms with E-state index in [2.05, 4.69) is 31.1 Å². The molecule has 1 rings (SSSR count). The Balaban J connectivity index is 3.02. The number of aromatic nitrogens is 1. The molecule has 0 bridgehead atoms. The Morgan fingerprint density at radius 1 is 1.53 bits per heavy atom. The van der Waals surface area contributed by atoms with Crippen molar-refractivity contribution in [2.45, 2.75) is 39.2 Å². The zero-order valence-corrected chi connectivity index (χ0v) is 10.6. The topological polar surface area (TPSA) is 94.0 Å². The summed E-state index contributed by atoms with van der Waals surface area (Å²) in [5.41, 5.74) is 11.5. The van der Waals surface area contributed by atoms with Crippen LogP contribution in [0.3, 0.4) is 0 Å². The molecule has 0 fully saturated rings. The van der Waals surface area contributed by atoms with E-state index in [4.69, 9.17) is 11.5 Å². The molecule has 17 heavy (non-hydrogen) atoms. The monoisotopic (exact) mass is 236 g/mol. The number of primary amides is 1. The van der Waals surface area contributed by atoms with Crippen molar-refractivity contribution in [3.8, 4) is 0 Å². The predicted octanol–water partition coefficient (Wildman–Crippen LogP) is 1.75. The van der Waals surface area contributed by atoms with Crippen LogP contribution in [0.4, 0.5) is 11.5 Å². The van der Waals surface area contributed by atoms with Gasteiger partial charge in [0.2, 0.25) is 0 Å². The first-order valence-electron chi connectivity index (χ1n) is 5.69. The molecule has 0 atom stereocenters. The number of hydrogen-bond donors (Lipinski definition) is 3. The van der Waals surface area contributed by atoms with Crippen LogP contribution in [0.15, 0.2) is 12.3 Å². The highest BCUT2D eigenvalue weighted by Gasteiger charge is 2.20. The van der Waals surface area contributed by atoms with Gasteiger partial charge in [-0.2, -0.15) is 0 Å². The third-order valence-electron chi connectivity index (χ3n) is 2.51. The summed E-state index contributed by atoms with van der Waals surface area (Å²) in [6, 6.07) is 1.54. The summed E-state index contributed by atoms with van der Waals surface area (Å²) in [5.74, 6) is -0.0373. The molecule has 1 aromatic rings. The fourth-order valence-electron chi connectivity index (χ4n) is 1.78. The van der Waals surface area contributed by atoms with Crippen LogP contribution in [0.25, 0.3) is 0 Å². The summed E-state index contributed by atoms with van der Waals surface area (Å²) in [5, 5.41) is 3.23. The Morgan fingerprint density at radius 3 is 2.71 bits per heavy atom. The molecule has 5 N–H and O–H groups in total. The molecule has 1 heterocycles. The van der Waals surface area contributed by atoms with Gasteiger partial charge in [0.1, 0.15) is 5.82 Å². The van der Waals surface area contributed by atoms with E-state index in [1.807, 2.05) is 0 Å². The van der Waals surface area contributed by atoms with Gasteiger partial charge in [-0.3, -0.25) is 4.79 Å². The smallest absolute Gasteiger partial charge is 0.252 e. The molecule has 0 radical (unpaired) electrons. The van der Waals surface area contributed by atoms with Crippen LogP contribution in [0.5, 0.6) is 0 Å². The molecule has 5 heteroatoms. The molecule has 94 valence electrons. The Hall–Kier alpha value is -1.78. The fraction of sp³-hybridized carbons (Fsp3) is 0.500. The highest BCUT2D eigenvalue weighted by atomic mass is 16.1. The van der Waals surface area contributed by atoms with Crippen molar-refractivity contribution < 1.29 is 4.79 Å². The van der Waals surface area contributed by atoms with Crippen molar-refractivity contribution >= 4 is 17.4 Å². The van der Waals surface area contributed by atoms with E-state index >= 15 is 0 Å². The molecule has 0 spiro atoms. The van der Waals surface area contributed by atoms with E-state index < -0.39 is 5.91 Å². The van der Waals surface area contributed by atoms with Gasteiger partial charge >= 0.3 is 0 Å². The van der Waals surface area contributed by atoms with E-state index in [-0.39, 0.29) is 5.54 Å². The van der Waals surface area contributed by atoms with Gasteiger partial charge in [-0.25, -0.2) is 4.98 Å². The van der Waals surface area contributed by atoms with Gasteiger partial charge < -0.3 is 16.8 Å². The van der Waals surface area contributed by atoms with E-state index in [9.17, 15) is 4.79 Å². The summed E-state index contributed by atoms with van der Waals surface area (Å²) in [4.78, 5) is 15.4. The second kappa shape index (κ2) is 5.03. The summed E-state index contributed by atoms with van der Waals surface area (Å²) < 4.78 is 0. The van der Waals surface area contributed by atoms with Crippen LogP contribution in [0, 0.1) is 0 Å². The maximum Gasteiger partial charge on any atom is 0.252 e. The van der Waals surface area contributed by atoms with Gasteiger partial charge in [0, 0.05) is 5.54 Å². The van der Waals surface area contributed by atoms with E-state index in [1.54, 1.807) is 6.07 Å². The third-order valence-corrected chi connectivity index (χ3v) is 2.51. The minimum Gasteiger partial charge on any atom is -0.397 e. The van der Waals surface area contributed by atoms with Crippen molar-refractivity contribution in [3.63, 3.8) is 0 Å². The van der Waals surface area contributed by atoms with Gasteiger partial charge in [-0.15, -0.1) is 0 Å². The second-order valence-corrected chi connectivity index (χ2v) is 4.79. The lowest BCUT2D eigenvalue weighted by Gasteiger charge is -2.27. The molecule has 0 aromatic carbocycles. The van der Waals surface area contributed by atoms with Crippen molar-refractivity contribution in [1.82, 2.24) is 4.98 Å². The quantitative estimate of drug-likeness (QED) is 0.726. The fourth-order valence-corrected chi connectivity index (χ4v) is 1.78. The van der Waals surface area contributed by atoms with Crippen LogP contribution >= 0.6 is 0 Å². The van der Waals surface area contributed by atoms with Crippen LogP contribution in [0.1, 0.15) is 44.0 Å². The van der Waals surface area contributed by atoms with Crippen LogP contribution < -0.4 is 16.8 Å². The molecule has 0 aliphatic rings. The average Bonchev–Trinajstić information content (AvgIpc) is 2.20. The number of pyridine rings is 1. The Kier molecular flexibility index (Phi) is 3.93. The number of nitrogen functional groups attached to an aromatic ring is 1. The minimum atomic E-state index is -0.528. The second-order valence-electron chi connectivity index (χ2n) is 4.79. The van der Waals surface area contributed by atoms with Crippen molar-refractivity contribution in [3.05, 3.63) is 17.8 Å². The Morgan fingerprint density at radius 2 is 2.18 bits per heavy atom. The predicted molar refractivity (Wildman–Crippen MR) is 69.8 cm³/mol. The molecule has 0 saturated heterocycles. The van der Waals surface area contributed by atoms with Crippen LogP contribution in [-0.4, -0.2) is 16.4 Å². The number of nitrogens with one attached hydrogen (secondary N) is 1. The summed E-state index contributed by atoms with van der Waals surface area (Å²) >= 11 is 0. The van der Waals surface area contributed by atoms with Gasteiger partial charge in [-0.1, -0.05) is 13.3 Å². The number of amides is 1. The average molecular weight is 236 g/mol. The molecule has 5 nitrogen and oxygen atoms in total. The molecule has 0 saturated carbocycles. The Labute approximate surface area is 102 Å². The first kappa shape index (κ1) is 13.3. The highest BCUT2D eigenvalue weighted by molar-refractivity contribution is 5.98. The summed E-state index contributed by atoms with van der Waals surface area (Å²) in [6.07, 6.45) is 3.52. The summed E-state index contributed by atoms with van der Waals surface area (Å²) in [7, 11) is 0. The van der Waals surface area contributed by atoms with Gasteiger partial charge in [0.05, 0.1) is 17.4 Å². The maximum absolute atomic E-state index is 11.3. The van der Waals surface area contributed by atoms with Crippen molar-refractivity contribution in [2.75, 3.05) is 11.1 Å². The van der Waals surface area contributed by atoms with Crippen LogP contribution in [-0.2, 0) is 0 Å². The van der Waals surface area contributed by atoms with Gasteiger partial charge in [-0.05, 0) is 26.3 Å². The number of carbonyl (C=O) groups excluding carboxylic acids is 1. The van der Waals surface area contributed by atoms with Crippen LogP contribution in [0.2, 0.25) is 0 Å². The minimum absolute atomic E-state index is 0.137. The number of carbonyl (C=O) groups is 1. The highest BCUT2D eigenvalue weighted by Crippen LogP contribution is 2.22. The van der Waals surface area contributed by atoms with E-state index in [1.165, 1.54) is 6.20 Å². The van der Waals surface area contributed by atoms with Gasteiger partial charge in [0.25, 0.3) is 5.91 Å². The zero-order valence-electron chi connectivity index (χ0n) is 10.6. The molecule has 1 aromatic heterocycles.